The van der Waals surface area contributed by atoms with Gasteiger partial charge in [0.05, 0.1) is 19.5 Å². The molecular formula is C22H28FN3O4S. The molecule has 0 saturated carbocycles. The molecule has 0 aliphatic carbocycles. The van der Waals surface area contributed by atoms with E-state index in [0.29, 0.717) is 17.7 Å². The maximum Gasteiger partial charge on any atom is 0.407 e. The van der Waals surface area contributed by atoms with Gasteiger partial charge >= 0.3 is 6.09 Å². The summed E-state index contributed by atoms with van der Waals surface area (Å²) in [6.45, 7) is 8.47. The minimum absolute atomic E-state index is 0.00687. The first-order valence-electron chi connectivity index (χ1n) is 10.1. The lowest BCUT2D eigenvalue weighted by Gasteiger charge is -2.26. The molecule has 1 aliphatic rings. The summed E-state index contributed by atoms with van der Waals surface area (Å²) in [5, 5.41) is 5.50. The average molecular weight is 450 g/mol. The maximum atomic E-state index is 13.1. The molecular weight excluding hydrogens is 421 g/mol. The number of carbonyl (C=O) groups excluding carboxylic acids is 1. The van der Waals surface area contributed by atoms with Crippen molar-refractivity contribution in [3.05, 3.63) is 41.5 Å². The van der Waals surface area contributed by atoms with Crippen molar-refractivity contribution < 1.29 is 23.4 Å². The lowest BCUT2D eigenvalue weighted by Crippen LogP contribution is -2.36. The molecule has 0 atom stereocenters. The van der Waals surface area contributed by atoms with E-state index in [-0.39, 0.29) is 13.2 Å². The normalized spacial score (nSPS) is 15.0. The molecule has 1 aromatic heterocycles. The first-order chi connectivity index (χ1) is 14.8. The van der Waals surface area contributed by atoms with Gasteiger partial charge in [0.2, 0.25) is 0 Å². The number of hydrogen-bond acceptors (Lipinski definition) is 7. The van der Waals surface area contributed by atoms with Crippen molar-refractivity contribution >= 4 is 23.2 Å². The highest BCUT2D eigenvalue weighted by molar-refractivity contribution is 7.13. The zero-order chi connectivity index (χ0) is 22.3. The van der Waals surface area contributed by atoms with Gasteiger partial charge < -0.3 is 24.4 Å². The van der Waals surface area contributed by atoms with Crippen LogP contribution in [-0.2, 0) is 9.47 Å². The number of thiazole rings is 1. The van der Waals surface area contributed by atoms with Crippen molar-refractivity contribution in [3.8, 4) is 16.3 Å². The molecule has 31 heavy (non-hydrogen) atoms. The van der Waals surface area contributed by atoms with Crippen molar-refractivity contribution in [2.45, 2.75) is 26.4 Å². The molecule has 3 rings (SSSR count). The van der Waals surface area contributed by atoms with Gasteiger partial charge in [-0.1, -0.05) is 0 Å². The van der Waals surface area contributed by atoms with Gasteiger partial charge in [-0.25, -0.2) is 14.2 Å². The first-order valence-corrected chi connectivity index (χ1v) is 11.0. The van der Waals surface area contributed by atoms with Gasteiger partial charge in [0.15, 0.2) is 0 Å². The van der Waals surface area contributed by atoms with Crippen LogP contribution in [0, 0.1) is 0 Å². The Kier molecular flexibility index (Phi) is 7.86. The summed E-state index contributed by atoms with van der Waals surface area (Å²) in [7, 11) is 0. The molecule has 2 heterocycles. The largest absolute Gasteiger partial charge is 0.489 e. The third-order valence-corrected chi connectivity index (χ3v) is 5.24. The van der Waals surface area contributed by atoms with Crippen LogP contribution in [0.15, 0.2) is 41.5 Å². The van der Waals surface area contributed by atoms with Crippen LogP contribution in [0.25, 0.3) is 10.6 Å². The smallest absolute Gasteiger partial charge is 0.407 e. The topological polar surface area (TPSA) is 72.9 Å². The first kappa shape index (κ1) is 23.0. The van der Waals surface area contributed by atoms with E-state index in [1.807, 2.05) is 24.3 Å². The lowest BCUT2D eigenvalue weighted by atomic mass is 10.2. The molecule has 0 unspecified atom stereocenters. The Balaban J connectivity index is 1.50. The maximum absolute atomic E-state index is 13.1. The van der Waals surface area contributed by atoms with Gasteiger partial charge in [0.1, 0.15) is 28.8 Å². The highest BCUT2D eigenvalue weighted by Crippen LogP contribution is 2.29. The van der Waals surface area contributed by atoms with Crippen molar-refractivity contribution in [1.82, 2.24) is 10.3 Å². The molecule has 1 amide bonds. The second-order valence-electron chi connectivity index (χ2n) is 8.05. The number of morpholine rings is 1. The molecule has 2 aromatic rings. The second kappa shape index (κ2) is 10.6. The zero-order valence-electron chi connectivity index (χ0n) is 18.0. The van der Waals surface area contributed by atoms with E-state index in [0.717, 1.165) is 42.7 Å². The zero-order valence-corrected chi connectivity index (χ0v) is 18.8. The fraction of sp³-hybridized carbons (Fsp3) is 0.455. The Morgan fingerprint density at radius 1 is 1.29 bits per heavy atom. The van der Waals surface area contributed by atoms with E-state index < -0.39 is 11.7 Å². The standard InChI is InChI=1S/C22H28FN3O4S/c1-22(2,3)30-21(27)24-13-16(12-23)14-29-18-6-4-17(5-7-18)20-25-19(15-31-20)26-8-10-28-11-9-26/h4-7,12,15H,8-11,13-14H2,1-3H3,(H,24,27)/b16-12+. The number of carbonyl (C=O) groups is 1. The van der Waals surface area contributed by atoms with E-state index in [1.54, 1.807) is 32.1 Å². The number of nitrogens with one attached hydrogen (secondary N) is 1. The predicted molar refractivity (Wildman–Crippen MR) is 120 cm³/mol. The fourth-order valence-corrected chi connectivity index (χ4v) is 3.66. The molecule has 1 aliphatic heterocycles. The van der Waals surface area contributed by atoms with E-state index >= 15 is 0 Å². The summed E-state index contributed by atoms with van der Waals surface area (Å²) in [5.41, 5.74) is 0.678. The van der Waals surface area contributed by atoms with Crippen LogP contribution in [-0.4, -0.2) is 56.1 Å². The van der Waals surface area contributed by atoms with E-state index in [1.165, 1.54) is 0 Å². The third kappa shape index (κ3) is 7.22. The van der Waals surface area contributed by atoms with Crippen LogP contribution in [0.4, 0.5) is 15.0 Å². The van der Waals surface area contributed by atoms with Crippen LogP contribution >= 0.6 is 11.3 Å². The summed E-state index contributed by atoms with van der Waals surface area (Å²) in [4.78, 5) is 18.6. The molecule has 1 fully saturated rings. The highest BCUT2D eigenvalue weighted by atomic mass is 32.1. The Morgan fingerprint density at radius 2 is 2.00 bits per heavy atom. The number of anilines is 1. The quantitative estimate of drug-likeness (QED) is 0.675. The van der Waals surface area contributed by atoms with E-state index in [4.69, 9.17) is 19.2 Å². The minimum atomic E-state index is -0.609. The predicted octanol–water partition coefficient (Wildman–Crippen LogP) is 4.40. The van der Waals surface area contributed by atoms with E-state index in [2.05, 4.69) is 15.6 Å². The molecule has 7 nitrogen and oxygen atoms in total. The number of ether oxygens (including phenoxy) is 3. The fourth-order valence-electron chi connectivity index (χ4n) is 2.83. The van der Waals surface area contributed by atoms with Gasteiger partial charge in [-0.2, -0.15) is 0 Å². The molecule has 9 heteroatoms. The lowest BCUT2D eigenvalue weighted by molar-refractivity contribution is 0.0531. The summed E-state index contributed by atoms with van der Waals surface area (Å²) in [6.07, 6.45) is -0.162. The molecule has 168 valence electrons. The van der Waals surface area contributed by atoms with Crippen LogP contribution < -0.4 is 15.0 Å². The van der Waals surface area contributed by atoms with Gasteiger partial charge in [-0.05, 0) is 45.0 Å². The highest BCUT2D eigenvalue weighted by Gasteiger charge is 2.17. The number of aromatic nitrogens is 1. The van der Waals surface area contributed by atoms with Gasteiger partial charge in [-0.3, -0.25) is 0 Å². The second-order valence-corrected chi connectivity index (χ2v) is 8.90. The SMILES string of the molecule is CC(C)(C)OC(=O)NC/C(=C\F)COc1ccc(-c2nc(N3CCOCC3)cs2)cc1. The minimum Gasteiger partial charge on any atom is -0.489 e. The van der Waals surface area contributed by atoms with Gasteiger partial charge in [0.25, 0.3) is 0 Å². The number of amides is 1. The molecule has 1 N–H and O–H groups in total. The Bertz CT molecular complexity index is 887. The molecule has 0 bridgehead atoms. The summed E-state index contributed by atoms with van der Waals surface area (Å²) < 4.78 is 29.3. The van der Waals surface area contributed by atoms with Gasteiger partial charge in [0, 0.05) is 36.2 Å². The van der Waals surface area contributed by atoms with Crippen LogP contribution in [0.2, 0.25) is 0 Å². The molecule has 0 radical (unpaired) electrons. The van der Waals surface area contributed by atoms with Gasteiger partial charge in [-0.15, -0.1) is 11.3 Å². The van der Waals surface area contributed by atoms with Crippen molar-refractivity contribution in [2.24, 2.45) is 0 Å². The van der Waals surface area contributed by atoms with Crippen LogP contribution in [0.3, 0.4) is 0 Å². The molecule has 1 aromatic carbocycles. The Morgan fingerprint density at radius 3 is 2.65 bits per heavy atom. The van der Waals surface area contributed by atoms with Crippen molar-refractivity contribution in [1.29, 1.82) is 0 Å². The number of rotatable bonds is 7. The summed E-state index contributed by atoms with van der Waals surface area (Å²) in [5.74, 6) is 1.57. The Labute approximate surface area is 185 Å². The van der Waals surface area contributed by atoms with Crippen LogP contribution in [0.5, 0.6) is 5.75 Å². The van der Waals surface area contributed by atoms with Crippen LogP contribution in [0.1, 0.15) is 20.8 Å². The number of nitrogens with zero attached hydrogens (tertiary/aromatic N) is 2. The van der Waals surface area contributed by atoms with Crippen molar-refractivity contribution in [2.75, 3.05) is 44.4 Å². The molecule has 0 spiro atoms. The van der Waals surface area contributed by atoms with Crippen molar-refractivity contribution in [3.63, 3.8) is 0 Å². The number of benzene rings is 1. The molecule has 1 saturated heterocycles. The Hall–Kier alpha value is -2.65. The number of alkyl carbamates (subject to hydrolysis) is 1. The summed E-state index contributed by atoms with van der Waals surface area (Å²) >= 11 is 1.59. The number of hydrogen-bond donors (Lipinski definition) is 1. The average Bonchev–Trinajstić information content (AvgIpc) is 3.24. The third-order valence-electron chi connectivity index (χ3n) is 4.37. The summed E-state index contributed by atoms with van der Waals surface area (Å²) in [6, 6.07) is 7.49. The number of halogens is 1. The van der Waals surface area contributed by atoms with E-state index in [9.17, 15) is 9.18 Å². The monoisotopic (exact) mass is 449 g/mol.